The zero-order valence-electron chi connectivity index (χ0n) is 10.6. The van der Waals surface area contributed by atoms with Crippen LogP contribution in [0.2, 0.25) is 0 Å². The second kappa shape index (κ2) is 5.13. The number of thiol groups is 1. The van der Waals surface area contributed by atoms with Crippen LogP contribution >= 0.6 is 12.6 Å². The number of hydrogen-bond donors (Lipinski definition) is 3. The van der Waals surface area contributed by atoms with Crippen LogP contribution in [0.5, 0.6) is 0 Å². The molecule has 1 saturated carbocycles. The van der Waals surface area contributed by atoms with E-state index in [4.69, 9.17) is 0 Å². The van der Waals surface area contributed by atoms with E-state index >= 15 is 0 Å². The van der Waals surface area contributed by atoms with Crippen molar-refractivity contribution >= 4 is 23.6 Å². The van der Waals surface area contributed by atoms with Crippen LogP contribution in [-0.4, -0.2) is 15.4 Å². The van der Waals surface area contributed by atoms with Crippen molar-refractivity contribution in [1.82, 2.24) is 10.2 Å². The zero-order valence-corrected chi connectivity index (χ0v) is 11.5. The summed E-state index contributed by atoms with van der Waals surface area (Å²) in [6.07, 6.45) is 2.37. The molecule has 102 valence electrons. The van der Waals surface area contributed by atoms with Crippen LogP contribution in [0.3, 0.4) is 0 Å². The summed E-state index contributed by atoms with van der Waals surface area (Å²) in [5, 5.41) is 8.66. The van der Waals surface area contributed by atoms with E-state index in [1.54, 1.807) is 6.07 Å². The minimum absolute atomic E-state index is 0.261. The van der Waals surface area contributed by atoms with Gasteiger partial charge in [-0.25, -0.2) is 5.10 Å². The van der Waals surface area contributed by atoms with E-state index in [1.165, 1.54) is 24.5 Å². The molecule has 0 bridgehead atoms. The lowest BCUT2D eigenvalue weighted by Crippen LogP contribution is -2.08. The third-order valence-electron chi connectivity index (χ3n) is 3.29. The predicted molar refractivity (Wildman–Crippen MR) is 80.3 cm³/mol. The quantitative estimate of drug-likeness (QED) is 0.760. The Morgan fingerprint density at radius 3 is 2.70 bits per heavy atom. The van der Waals surface area contributed by atoms with Crippen molar-refractivity contribution in [3.05, 3.63) is 46.2 Å². The molecule has 1 heterocycles. The number of aromatic amines is 1. The lowest BCUT2D eigenvalue weighted by atomic mass is 10.0. The van der Waals surface area contributed by atoms with Crippen LogP contribution in [-0.2, 0) is 0 Å². The summed E-state index contributed by atoms with van der Waals surface area (Å²) in [5.74, 6) is 0.586. The fourth-order valence-corrected chi connectivity index (χ4v) is 2.29. The summed E-state index contributed by atoms with van der Waals surface area (Å²) in [4.78, 5) is 22.3. The molecule has 3 rings (SSSR count). The Kier molecular flexibility index (Phi) is 3.31. The number of anilines is 1. The Hall–Kier alpha value is -2.08. The number of amides is 1. The Balaban J connectivity index is 2.05. The van der Waals surface area contributed by atoms with Crippen LogP contribution in [0.25, 0.3) is 11.3 Å². The van der Waals surface area contributed by atoms with E-state index in [0.717, 1.165) is 5.56 Å². The SMILES string of the molecule is O=C(S)Nc1cc(C2CC2)ccc1-c1ccc(=O)[nH]n1. The molecule has 0 unspecified atom stereocenters. The molecule has 2 aromatic rings. The predicted octanol–water partition coefficient (Wildman–Crippen LogP) is 2.78. The number of carbonyl (C=O) groups is 1. The summed E-state index contributed by atoms with van der Waals surface area (Å²) in [6.45, 7) is 0. The maximum Gasteiger partial charge on any atom is 0.280 e. The first-order chi connectivity index (χ1) is 9.63. The zero-order chi connectivity index (χ0) is 14.1. The van der Waals surface area contributed by atoms with Crippen LogP contribution < -0.4 is 10.9 Å². The van der Waals surface area contributed by atoms with E-state index in [-0.39, 0.29) is 5.56 Å². The number of hydrogen-bond acceptors (Lipinski definition) is 3. The Bertz CT molecular complexity index is 702. The molecule has 1 aliphatic carbocycles. The summed E-state index contributed by atoms with van der Waals surface area (Å²) in [6, 6.07) is 8.93. The van der Waals surface area contributed by atoms with Gasteiger partial charge in [0, 0.05) is 11.6 Å². The van der Waals surface area contributed by atoms with Gasteiger partial charge in [-0.3, -0.25) is 9.59 Å². The van der Waals surface area contributed by atoms with Gasteiger partial charge in [-0.2, -0.15) is 5.10 Å². The van der Waals surface area contributed by atoms with Crippen LogP contribution in [0.1, 0.15) is 24.3 Å². The number of H-pyrrole nitrogens is 1. The van der Waals surface area contributed by atoms with Gasteiger partial charge >= 0.3 is 0 Å². The number of aromatic nitrogens is 2. The molecular weight excluding hydrogens is 274 g/mol. The fraction of sp³-hybridized carbons (Fsp3) is 0.214. The molecule has 1 amide bonds. The highest BCUT2D eigenvalue weighted by molar-refractivity contribution is 7.96. The molecule has 2 N–H and O–H groups in total. The topological polar surface area (TPSA) is 74.8 Å². The number of benzene rings is 1. The molecule has 1 aromatic heterocycles. The van der Waals surface area contributed by atoms with Gasteiger partial charge in [0.2, 0.25) is 0 Å². The van der Waals surface area contributed by atoms with E-state index in [2.05, 4.69) is 28.1 Å². The lowest BCUT2D eigenvalue weighted by Gasteiger charge is -2.11. The molecule has 1 aliphatic rings. The summed E-state index contributed by atoms with van der Waals surface area (Å²) < 4.78 is 0. The van der Waals surface area contributed by atoms with Gasteiger partial charge in [-0.05, 0) is 36.5 Å². The Morgan fingerprint density at radius 2 is 2.10 bits per heavy atom. The summed E-state index contributed by atoms with van der Waals surface area (Å²) >= 11 is 3.76. The number of nitrogens with zero attached hydrogens (tertiary/aromatic N) is 1. The molecule has 0 saturated heterocycles. The van der Waals surface area contributed by atoms with Crippen LogP contribution in [0.15, 0.2) is 35.1 Å². The van der Waals surface area contributed by atoms with Crippen molar-refractivity contribution in [2.45, 2.75) is 18.8 Å². The molecule has 0 atom stereocenters. The van der Waals surface area contributed by atoms with Gasteiger partial charge in [0.1, 0.15) is 0 Å². The number of nitrogens with one attached hydrogen (secondary N) is 2. The van der Waals surface area contributed by atoms with Gasteiger partial charge in [0.15, 0.2) is 0 Å². The molecule has 1 aromatic carbocycles. The average Bonchev–Trinajstić information content (AvgIpc) is 3.23. The molecule has 0 aliphatic heterocycles. The van der Waals surface area contributed by atoms with Crippen LogP contribution in [0, 0.1) is 0 Å². The van der Waals surface area contributed by atoms with Gasteiger partial charge in [-0.15, -0.1) is 0 Å². The summed E-state index contributed by atoms with van der Waals surface area (Å²) in [7, 11) is 0. The number of rotatable bonds is 3. The fourth-order valence-electron chi connectivity index (χ4n) is 2.17. The maximum absolute atomic E-state index is 11.2. The molecule has 5 nitrogen and oxygen atoms in total. The average molecular weight is 287 g/mol. The highest BCUT2D eigenvalue weighted by Gasteiger charge is 2.24. The second-order valence-electron chi connectivity index (χ2n) is 4.82. The Morgan fingerprint density at radius 1 is 1.30 bits per heavy atom. The highest BCUT2D eigenvalue weighted by Crippen LogP contribution is 2.42. The first kappa shape index (κ1) is 12.9. The third kappa shape index (κ3) is 2.75. The van der Waals surface area contributed by atoms with Gasteiger partial charge in [-0.1, -0.05) is 24.8 Å². The highest BCUT2D eigenvalue weighted by atomic mass is 32.1. The monoisotopic (exact) mass is 287 g/mol. The van der Waals surface area contributed by atoms with Crippen LogP contribution in [0.4, 0.5) is 10.5 Å². The standard InChI is InChI=1S/C14H13N3O2S/c18-13-6-5-11(16-17-13)10-4-3-9(8-1-2-8)7-12(10)15-14(19)20/h3-8H,1-2H2,(H,17,18)(H2,15,19,20). The first-order valence-corrected chi connectivity index (χ1v) is 6.78. The second-order valence-corrected chi connectivity index (χ2v) is 5.22. The lowest BCUT2D eigenvalue weighted by molar-refractivity contribution is 0.270. The van der Waals surface area contributed by atoms with E-state index in [1.807, 2.05) is 18.2 Å². The largest absolute Gasteiger partial charge is 0.316 e. The third-order valence-corrected chi connectivity index (χ3v) is 3.40. The van der Waals surface area contributed by atoms with Crippen molar-refractivity contribution in [3.8, 4) is 11.3 Å². The smallest absolute Gasteiger partial charge is 0.280 e. The Labute approximate surface area is 120 Å². The first-order valence-electron chi connectivity index (χ1n) is 6.33. The summed E-state index contributed by atoms with van der Waals surface area (Å²) in [5.41, 5.74) is 2.96. The molecular formula is C14H13N3O2S. The normalized spacial score (nSPS) is 14.1. The van der Waals surface area contributed by atoms with Crippen molar-refractivity contribution in [2.75, 3.05) is 5.32 Å². The van der Waals surface area contributed by atoms with Crippen molar-refractivity contribution in [3.63, 3.8) is 0 Å². The molecule has 0 radical (unpaired) electrons. The molecule has 0 spiro atoms. The van der Waals surface area contributed by atoms with Gasteiger partial charge in [0.05, 0.1) is 11.4 Å². The minimum atomic E-state index is -0.427. The van der Waals surface area contributed by atoms with Crippen molar-refractivity contribution in [2.24, 2.45) is 0 Å². The van der Waals surface area contributed by atoms with Crippen molar-refractivity contribution in [1.29, 1.82) is 0 Å². The maximum atomic E-state index is 11.2. The van der Waals surface area contributed by atoms with Gasteiger partial charge < -0.3 is 5.32 Å². The molecule has 20 heavy (non-hydrogen) atoms. The molecule has 1 fully saturated rings. The minimum Gasteiger partial charge on any atom is -0.316 e. The number of carbonyl (C=O) groups excluding carboxylic acids is 1. The van der Waals surface area contributed by atoms with E-state index in [9.17, 15) is 9.59 Å². The van der Waals surface area contributed by atoms with Gasteiger partial charge in [0.25, 0.3) is 10.8 Å². The molecule has 6 heteroatoms. The van der Waals surface area contributed by atoms with E-state index < -0.39 is 5.24 Å². The van der Waals surface area contributed by atoms with Crippen molar-refractivity contribution < 1.29 is 4.79 Å². The van der Waals surface area contributed by atoms with E-state index in [0.29, 0.717) is 17.3 Å².